The molecule has 3 aliphatic rings. The second-order valence-electron chi connectivity index (χ2n) is 10.8. The fraction of sp³-hybridized carbons (Fsp3) is 0.857. The average molecular weight is 457 g/mol. The van der Waals surface area contributed by atoms with Crippen LogP contribution in [0.3, 0.4) is 0 Å². The normalized spacial score (nSPS) is 29.5. The molecule has 10 heteroatoms. The molecular weight excluding hydrogens is 421 g/mol. The summed E-state index contributed by atoms with van der Waals surface area (Å²) in [5, 5.41) is 0. The Morgan fingerprint density at radius 1 is 1.19 bits per heavy atom. The van der Waals surface area contributed by atoms with Crippen LogP contribution in [0.4, 0.5) is 0 Å². The summed E-state index contributed by atoms with van der Waals surface area (Å²) in [6.07, 6.45) is 3.07. The first-order valence-corrected chi connectivity index (χ1v) is 12.4. The van der Waals surface area contributed by atoms with Gasteiger partial charge in [0.1, 0.15) is 0 Å². The van der Waals surface area contributed by atoms with Crippen molar-refractivity contribution in [3.8, 4) is 0 Å². The van der Waals surface area contributed by atoms with Crippen molar-refractivity contribution < 1.29 is 31.4 Å². The summed E-state index contributed by atoms with van der Waals surface area (Å²) < 4.78 is 49.5. The van der Waals surface area contributed by atoms with Crippen molar-refractivity contribution in [2.24, 2.45) is 11.3 Å². The Hall–Kier alpha value is -0.935. The van der Waals surface area contributed by atoms with E-state index in [9.17, 15) is 13.2 Å². The lowest BCUT2D eigenvalue weighted by molar-refractivity contribution is -0.147. The number of carbonyl (C=O) groups is 1. The molecule has 8 nitrogen and oxygen atoms in total. The zero-order valence-electron chi connectivity index (χ0n) is 19.8. The minimum absolute atomic E-state index is 0.109. The molecule has 0 radical (unpaired) electrons. The smallest absolute Gasteiger partial charge is 0.400 e. The summed E-state index contributed by atoms with van der Waals surface area (Å²) in [6, 6.07) is 0. The van der Waals surface area contributed by atoms with Gasteiger partial charge in [0, 0.05) is 19.7 Å². The number of hydrogen-bond acceptors (Lipinski definition) is 7. The maximum atomic E-state index is 12.7. The predicted molar refractivity (Wildman–Crippen MR) is 117 cm³/mol. The number of hydrogen-bond donors (Lipinski definition) is 0. The molecule has 0 aromatic rings. The second kappa shape index (κ2) is 8.45. The van der Waals surface area contributed by atoms with E-state index in [1.54, 1.807) is 6.08 Å². The summed E-state index contributed by atoms with van der Waals surface area (Å²) in [5.41, 5.74) is -0.120. The van der Waals surface area contributed by atoms with Gasteiger partial charge in [0.2, 0.25) is 0 Å². The van der Waals surface area contributed by atoms with E-state index < -0.39 is 40.5 Å². The van der Waals surface area contributed by atoms with Crippen LogP contribution in [-0.4, -0.2) is 62.8 Å². The van der Waals surface area contributed by atoms with Gasteiger partial charge in [-0.3, -0.25) is 4.79 Å². The van der Waals surface area contributed by atoms with Gasteiger partial charge in [-0.25, -0.2) is 0 Å². The van der Waals surface area contributed by atoms with Crippen molar-refractivity contribution in [1.82, 2.24) is 4.31 Å². The van der Waals surface area contributed by atoms with Crippen LogP contribution in [0.2, 0.25) is 0 Å². The Morgan fingerprint density at radius 3 is 2.32 bits per heavy atom. The average Bonchev–Trinajstić information content (AvgIpc) is 2.88. The van der Waals surface area contributed by atoms with Gasteiger partial charge in [0.15, 0.2) is 0 Å². The van der Waals surface area contributed by atoms with Crippen LogP contribution in [0, 0.1) is 11.3 Å². The molecule has 3 aliphatic heterocycles. The van der Waals surface area contributed by atoms with Crippen molar-refractivity contribution in [2.75, 3.05) is 19.7 Å². The van der Waals surface area contributed by atoms with Gasteiger partial charge in [-0.1, -0.05) is 26.8 Å². The van der Waals surface area contributed by atoms with E-state index in [0.717, 1.165) is 5.47 Å². The zero-order valence-corrected chi connectivity index (χ0v) is 20.6. The maximum Gasteiger partial charge on any atom is 0.490 e. The number of nitrogens with zero attached hydrogens (tertiary/aromatic N) is 1. The van der Waals surface area contributed by atoms with Crippen LogP contribution in [0.25, 0.3) is 0 Å². The van der Waals surface area contributed by atoms with Gasteiger partial charge < -0.3 is 18.2 Å². The molecule has 0 saturated carbocycles. The lowest BCUT2D eigenvalue weighted by atomic mass is 9.75. The minimum Gasteiger partial charge on any atom is -0.400 e. The molecule has 0 aromatic heterocycles. The molecule has 2 fully saturated rings. The van der Waals surface area contributed by atoms with Crippen molar-refractivity contribution >= 4 is 23.4 Å². The van der Waals surface area contributed by atoms with E-state index >= 15 is 0 Å². The first-order chi connectivity index (χ1) is 14.1. The van der Waals surface area contributed by atoms with Gasteiger partial charge in [0.25, 0.3) is 0 Å². The molecule has 0 aliphatic carbocycles. The summed E-state index contributed by atoms with van der Waals surface area (Å²) >= 11 is 0. The second-order valence-corrected chi connectivity index (χ2v) is 12.3. The molecule has 0 aromatic carbocycles. The van der Waals surface area contributed by atoms with E-state index in [1.807, 2.05) is 48.5 Å². The van der Waals surface area contributed by atoms with Crippen LogP contribution in [0.1, 0.15) is 67.7 Å². The first kappa shape index (κ1) is 24.7. The third-order valence-corrected chi connectivity index (χ3v) is 8.19. The molecule has 0 amide bonds. The summed E-state index contributed by atoms with van der Waals surface area (Å²) in [4.78, 5) is 12.6. The Bertz CT molecular complexity index is 815. The fourth-order valence-electron chi connectivity index (χ4n) is 3.92. The van der Waals surface area contributed by atoms with Gasteiger partial charge in [-0.2, -0.15) is 12.7 Å². The highest BCUT2D eigenvalue weighted by Crippen LogP contribution is 2.39. The quantitative estimate of drug-likeness (QED) is 0.600. The third kappa shape index (κ3) is 5.35. The van der Waals surface area contributed by atoms with Crippen LogP contribution in [0.15, 0.2) is 11.5 Å². The zero-order chi connectivity index (χ0) is 23.2. The van der Waals surface area contributed by atoms with Crippen molar-refractivity contribution in [3.63, 3.8) is 0 Å². The summed E-state index contributed by atoms with van der Waals surface area (Å²) in [7, 11) is -4.65. The monoisotopic (exact) mass is 457 g/mol. The molecule has 0 spiro atoms. The van der Waals surface area contributed by atoms with E-state index in [1.165, 1.54) is 4.31 Å². The van der Waals surface area contributed by atoms with Crippen molar-refractivity contribution in [2.45, 2.75) is 85.0 Å². The molecule has 3 rings (SSSR count). The molecule has 0 bridgehead atoms. The largest absolute Gasteiger partial charge is 0.490 e. The lowest BCUT2D eigenvalue weighted by Crippen LogP contribution is -2.42. The highest BCUT2D eigenvalue weighted by molar-refractivity contribution is 7.84. The molecular formula is C21H36BNO7S. The minimum atomic E-state index is -4.16. The van der Waals surface area contributed by atoms with Gasteiger partial charge in [-0.05, 0) is 57.8 Å². The molecule has 3 heterocycles. The van der Waals surface area contributed by atoms with E-state index in [2.05, 4.69) is 0 Å². The fourth-order valence-corrected chi connectivity index (χ4v) is 4.94. The lowest BCUT2D eigenvalue weighted by Gasteiger charge is -2.36. The van der Waals surface area contributed by atoms with Gasteiger partial charge >= 0.3 is 23.4 Å². The number of rotatable bonds is 4. The van der Waals surface area contributed by atoms with Crippen LogP contribution in [-0.2, 0) is 33.3 Å². The highest BCUT2D eigenvalue weighted by Gasteiger charge is 2.52. The summed E-state index contributed by atoms with van der Waals surface area (Å²) in [6.45, 7) is 14.8. The topological polar surface area (TPSA) is 91.4 Å². The number of carbonyl (C=O) groups excluding carboxylic acids is 1. The van der Waals surface area contributed by atoms with Crippen LogP contribution >= 0.6 is 0 Å². The molecule has 31 heavy (non-hydrogen) atoms. The van der Waals surface area contributed by atoms with Gasteiger partial charge in [0.05, 0.1) is 23.2 Å². The SMILES string of the molecule is CC(C)(C)C1CC(C(=O)OS(=O)(=O)N2CC=C(B3OC(C)(C)C(C)(C)O3)CC2)CCO1. The maximum absolute atomic E-state index is 12.7. The molecule has 176 valence electrons. The Balaban J connectivity index is 1.59. The predicted octanol–water partition coefficient (Wildman–Crippen LogP) is 2.88. The van der Waals surface area contributed by atoms with E-state index in [-0.39, 0.29) is 24.6 Å². The standard InChI is InChI=1S/C21H36BNO7S/c1-19(2,3)17-14-15(10-13-27-17)18(24)28-31(25,26)23-11-8-16(9-12-23)22-29-20(4,5)21(6,7)30-22/h8,15,17H,9-14H2,1-7H3. The Kier molecular flexibility index (Phi) is 6.73. The Morgan fingerprint density at radius 2 is 1.81 bits per heavy atom. The van der Waals surface area contributed by atoms with E-state index in [0.29, 0.717) is 25.9 Å². The molecule has 2 unspecified atom stereocenters. The Labute approximate surface area is 187 Å². The summed E-state index contributed by atoms with van der Waals surface area (Å²) in [5.74, 6) is -1.17. The van der Waals surface area contributed by atoms with Crippen molar-refractivity contribution in [3.05, 3.63) is 11.5 Å². The molecule has 2 atom stereocenters. The molecule has 0 N–H and O–H groups in total. The third-order valence-electron chi connectivity index (χ3n) is 6.85. The van der Waals surface area contributed by atoms with Crippen LogP contribution in [0.5, 0.6) is 0 Å². The van der Waals surface area contributed by atoms with Gasteiger partial charge in [-0.15, -0.1) is 0 Å². The molecule has 2 saturated heterocycles. The highest BCUT2D eigenvalue weighted by atomic mass is 32.2. The van der Waals surface area contributed by atoms with E-state index in [4.69, 9.17) is 18.2 Å². The number of ether oxygens (including phenoxy) is 1. The van der Waals surface area contributed by atoms with Crippen LogP contribution < -0.4 is 0 Å². The first-order valence-electron chi connectivity index (χ1n) is 11.0. The van der Waals surface area contributed by atoms with Crippen molar-refractivity contribution in [1.29, 1.82) is 0 Å².